The quantitative estimate of drug-likeness (QED) is 0.549. The minimum absolute atomic E-state index is 0.161. The molecule has 3 aromatic rings. The van der Waals surface area contributed by atoms with Crippen LogP contribution in [0.3, 0.4) is 0 Å². The Bertz CT molecular complexity index is 1130. The topological polar surface area (TPSA) is 105 Å². The fraction of sp³-hybridized carbons (Fsp3) is 0.304. The van der Waals surface area contributed by atoms with Crippen molar-refractivity contribution in [3.63, 3.8) is 0 Å². The van der Waals surface area contributed by atoms with Crippen LogP contribution in [-0.4, -0.2) is 56.2 Å². The summed E-state index contributed by atoms with van der Waals surface area (Å²) >= 11 is 0. The van der Waals surface area contributed by atoms with E-state index < -0.39 is 0 Å². The van der Waals surface area contributed by atoms with Gasteiger partial charge in [-0.3, -0.25) is 4.79 Å². The van der Waals surface area contributed by atoms with Crippen molar-refractivity contribution < 1.29 is 23.8 Å². The van der Waals surface area contributed by atoms with Gasteiger partial charge in [0.05, 0.1) is 34.4 Å². The van der Waals surface area contributed by atoms with Crippen LogP contribution in [0.2, 0.25) is 0 Å². The van der Waals surface area contributed by atoms with Gasteiger partial charge in [-0.15, -0.1) is 0 Å². The fourth-order valence-corrected chi connectivity index (χ4v) is 3.99. The van der Waals surface area contributed by atoms with Crippen LogP contribution in [-0.2, 0) is 17.8 Å². The summed E-state index contributed by atoms with van der Waals surface area (Å²) in [5.74, 6) is 0.918. The van der Waals surface area contributed by atoms with Crippen LogP contribution >= 0.6 is 0 Å². The minimum atomic E-state index is -0.365. The number of hydrogen-bond acceptors (Lipinski definition) is 5. The molecule has 0 aliphatic carbocycles. The number of carbonyl (C=O) groups is 2. The molecule has 2 heterocycles. The maximum Gasteiger partial charge on any atom is 0.318 e. The lowest BCUT2D eigenvalue weighted by molar-refractivity contribution is -0.115. The van der Waals surface area contributed by atoms with Crippen LogP contribution in [0.5, 0.6) is 17.2 Å². The van der Waals surface area contributed by atoms with E-state index in [0.717, 1.165) is 17.6 Å². The summed E-state index contributed by atoms with van der Waals surface area (Å²) in [5.41, 5.74) is 3.84. The van der Waals surface area contributed by atoms with E-state index in [9.17, 15) is 9.59 Å². The van der Waals surface area contributed by atoms with Gasteiger partial charge in [-0.1, -0.05) is 18.2 Å². The molecule has 2 aromatic carbocycles. The third kappa shape index (κ3) is 4.14. The smallest absolute Gasteiger partial charge is 0.318 e. The average molecular weight is 438 g/mol. The number of urea groups is 1. The van der Waals surface area contributed by atoms with Crippen molar-refractivity contribution in [2.75, 3.05) is 39.7 Å². The molecule has 0 fully saturated rings. The van der Waals surface area contributed by atoms with Gasteiger partial charge in [-0.05, 0) is 18.1 Å². The van der Waals surface area contributed by atoms with Crippen molar-refractivity contribution in [1.29, 1.82) is 0 Å². The van der Waals surface area contributed by atoms with Crippen LogP contribution in [0.1, 0.15) is 11.3 Å². The molecule has 0 atom stereocenters. The molecule has 1 aliphatic rings. The number of carbonyl (C=O) groups excluding carboxylic acids is 2. The summed E-state index contributed by atoms with van der Waals surface area (Å²) in [6, 6.07) is 11.1. The second-order valence-electron chi connectivity index (χ2n) is 7.42. The molecule has 1 aliphatic heterocycles. The Balaban J connectivity index is 1.36. The Morgan fingerprint density at radius 2 is 1.78 bits per heavy atom. The van der Waals surface area contributed by atoms with E-state index in [2.05, 4.69) is 21.7 Å². The molecule has 3 amide bonds. The number of para-hydroxylation sites is 1. The van der Waals surface area contributed by atoms with Gasteiger partial charge in [0.25, 0.3) is 0 Å². The second-order valence-corrected chi connectivity index (χ2v) is 7.42. The SMILES string of the molecule is COc1cc(NC(=O)CNC(=O)N2CCc3c([nH]c4ccccc34)C2)cc(OC)c1OC. The Kier molecular flexibility index (Phi) is 6.07. The summed E-state index contributed by atoms with van der Waals surface area (Å²) in [5, 5.41) is 6.63. The van der Waals surface area contributed by atoms with Crippen LogP contribution < -0.4 is 24.8 Å². The Morgan fingerprint density at radius 1 is 1.06 bits per heavy atom. The van der Waals surface area contributed by atoms with Gasteiger partial charge in [-0.2, -0.15) is 0 Å². The molecule has 4 rings (SSSR count). The number of rotatable bonds is 6. The number of anilines is 1. The second kappa shape index (κ2) is 9.09. The molecule has 0 unspecified atom stereocenters. The highest BCUT2D eigenvalue weighted by molar-refractivity contribution is 5.95. The monoisotopic (exact) mass is 438 g/mol. The number of hydrogen-bond donors (Lipinski definition) is 3. The number of amides is 3. The number of nitrogens with one attached hydrogen (secondary N) is 3. The number of aromatic nitrogens is 1. The average Bonchev–Trinajstić information content (AvgIpc) is 3.19. The van der Waals surface area contributed by atoms with E-state index in [0.29, 0.717) is 36.0 Å². The highest BCUT2D eigenvalue weighted by atomic mass is 16.5. The first-order valence-corrected chi connectivity index (χ1v) is 10.2. The number of fused-ring (bicyclic) bond motifs is 3. The molecular formula is C23H26N4O5. The summed E-state index contributed by atoms with van der Waals surface area (Å²) < 4.78 is 15.9. The minimum Gasteiger partial charge on any atom is -0.493 e. The van der Waals surface area contributed by atoms with Crippen molar-refractivity contribution in [3.05, 3.63) is 47.7 Å². The lowest BCUT2D eigenvalue weighted by Crippen LogP contribution is -2.45. The summed E-state index contributed by atoms with van der Waals surface area (Å²) in [6.45, 7) is 0.908. The molecular weight excluding hydrogens is 412 g/mol. The van der Waals surface area contributed by atoms with Crippen molar-refractivity contribution in [1.82, 2.24) is 15.2 Å². The molecule has 0 spiro atoms. The number of aromatic amines is 1. The van der Waals surface area contributed by atoms with Gasteiger partial charge < -0.3 is 34.7 Å². The zero-order chi connectivity index (χ0) is 22.7. The lowest BCUT2D eigenvalue weighted by Gasteiger charge is -2.27. The van der Waals surface area contributed by atoms with Crippen LogP contribution in [0.25, 0.3) is 10.9 Å². The number of nitrogens with zero attached hydrogens (tertiary/aromatic N) is 1. The van der Waals surface area contributed by atoms with Gasteiger partial charge in [0.15, 0.2) is 11.5 Å². The number of H-pyrrole nitrogens is 1. The standard InChI is InChI=1S/C23H26N4O5/c1-30-19-10-14(11-20(31-2)22(19)32-3)25-21(28)12-24-23(29)27-9-8-16-15-6-4-5-7-17(15)26-18(16)13-27/h4-7,10-11,26H,8-9,12-13H2,1-3H3,(H,24,29)(H,25,28). The van der Waals surface area contributed by atoms with Gasteiger partial charge >= 0.3 is 6.03 Å². The first-order valence-electron chi connectivity index (χ1n) is 10.2. The third-order valence-electron chi connectivity index (χ3n) is 5.52. The van der Waals surface area contributed by atoms with Gasteiger partial charge in [0, 0.05) is 41.0 Å². The van der Waals surface area contributed by atoms with E-state index in [-0.39, 0.29) is 18.5 Å². The van der Waals surface area contributed by atoms with Crippen molar-refractivity contribution in [2.45, 2.75) is 13.0 Å². The predicted octanol–water partition coefficient (Wildman–Crippen LogP) is 2.90. The van der Waals surface area contributed by atoms with E-state index in [1.165, 1.54) is 32.3 Å². The first-order chi connectivity index (χ1) is 15.5. The van der Waals surface area contributed by atoms with E-state index >= 15 is 0 Å². The van der Waals surface area contributed by atoms with E-state index in [1.807, 2.05) is 18.2 Å². The Hall–Kier alpha value is -3.88. The molecule has 32 heavy (non-hydrogen) atoms. The van der Waals surface area contributed by atoms with Crippen molar-refractivity contribution in [2.24, 2.45) is 0 Å². The van der Waals surface area contributed by atoms with Crippen molar-refractivity contribution >= 4 is 28.5 Å². The molecule has 0 radical (unpaired) electrons. The van der Waals surface area contributed by atoms with Crippen LogP contribution in [0, 0.1) is 0 Å². The molecule has 1 aromatic heterocycles. The summed E-state index contributed by atoms with van der Waals surface area (Å²) in [7, 11) is 4.51. The number of methoxy groups -OCH3 is 3. The number of benzene rings is 2. The maximum atomic E-state index is 12.6. The number of ether oxygens (including phenoxy) is 3. The molecule has 9 nitrogen and oxygen atoms in total. The van der Waals surface area contributed by atoms with E-state index in [4.69, 9.17) is 14.2 Å². The maximum absolute atomic E-state index is 12.6. The van der Waals surface area contributed by atoms with Gasteiger partial charge in [0.1, 0.15) is 0 Å². The molecule has 3 N–H and O–H groups in total. The van der Waals surface area contributed by atoms with Gasteiger partial charge in [-0.25, -0.2) is 4.79 Å². The van der Waals surface area contributed by atoms with Crippen molar-refractivity contribution in [3.8, 4) is 17.2 Å². The zero-order valence-corrected chi connectivity index (χ0v) is 18.3. The van der Waals surface area contributed by atoms with E-state index in [1.54, 1.807) is 17.0 Å². The predicted molar refractivity (Wildman–Crippen MR) is 121 cm³/mol. The van der Waals surface area contributed by atoms with Gasteiger partial charge in [0.2, 0.25) is 11.7 Å². The highest BCUT2D eigenvalue weighted by Crippen LogP contribution is 2.39. The third-order valence-corrected chi connectivity index (χ3v) is 5.52. The Labute approximate surface area is 185 Å². The lowest BCUT2D eigenvalue weighted by atomic mass is 10.0. The van der Waals surface area contributed by atoms with Crippen LogP contribution in [0.15, 0.2) is 36.4 Å². The molecule has 9 heteroatoms. The molecule has 0 saturated heterocycles. The fourth-order valence-electron chi connectivity index (χ4n) is 3.99. The highest BCUT2D eigenvalue weighted by Gasteiger charge is 2.24. The molecule has 0 saturated carbocycles. The molecule has 0 bridgehead atoms. The Morgan fingerprint density at radius 3 is 2.47 bits per heavy atom. The largest absolute Gasteiger partial charge is 0.493 e. The van der Waals surface area contributed by atoms with Crippen LogP contribution in [0.4, 0.5) is 10.5 Å². The summed E-state index contributed by atoms with van der Waals surface area (Å²) in [4.78, 5) is 30.1. The summed E-state index contributed by atoms with van der Waals surface area (Å²) in [6.07, 6.45) is 0.768. The zero-order valence-electron chi connectivity index (χ0n) is 18.3. The first kappa shape index (κ1) is 21.4. The normalized spacial score (nSPS) is 12.8. The molecule has 168 valence electrons.